The molecule has 21 heavy (non-hydrogen) atoms. The zero-order chi connectivity index (χ0) is 13.1. The summed E-state index contributed by atoms with van der Waals surface area (Å²) in [5, 5.41) is 5.66. The maximum absolute atomic E-state index is 4.81. The normalized spacial score (nSPS) is 11.4. The summed E-state index contributed by atoms with van der Waals surface area (Å²) in [7, 11) is 0. The van der Waals surface area contributed by atoms with Gasteiger partial charge in [-0.1, -0.05) is 6.07 Å². The van der Waals surface area contributed by atoms with Crippen LogP contribution < -0.4 is 0 Å². The Hall–Kier alpha value is -1.74. The van der Waals surface area contributed by atoms with Crippen LogP contribution in [-0.2, 0) is 20.1 Å². The van der Waals surface area contributed by atoms with Crippen molar-refractivity contribution in [2.24, 2.45) is 0 Å². The third-order valence-corrected chi connectivity index (χ3v) is 4.66. The maximum atomic E-state index is 4.81. The van der Waals surface area contributed by atoms with Crippen molar-refractivity contribution in [1.29, 1.82) is 0 Å². The molecule has 1 radical (unpaired) electrons. The molecular weight excluding hydrogens is 456 g/mol. The standard InChI is InChI=1S/C17H9N2S.Ir/c1-2-4-13-11(3-1)5-7-19-15-9-12-6-8-20-16(12)10-14(15)18-17(13)19;/h1-3,5-10H;/q-1;. The second kappa shape index (κ2) is 4.63. The first-order chi connectivity index (χ1) is 9.90. The third kappa shape index (κ3) is 1.77. The van der Waals surface area contributed by atoms with Gasteiger partial charge in [-0.3, -0.25) is 4.98 Å². The molecule has 3 aromatic heterocycles. The third-order valence-electron chi connectivity index (χ3n) is 3.78. The number of aromatic nitrogens is 2. The van der Waals surface area contributed by atoms with Crippen molar-refractivity contribution >= 4 is 48.9 Å². The summed E-state index contributed by atoms with van der Waals surface area (Å²) in [6.45, 7) is 0. The predicted molar refractivity (Wildman–Crippen MR) is 84.4 cm³/mol. The van der Waals surface area contributed by atoms with E-state index in [0.29, 0.717) is 0 Å². The van der Waals surface area contributed by atoms with E-state index in [2.05, 4.69) is 52.4 Å². The second-order valence-corrected chi connectivity index (χ2v) is 5.87. The van der Waals surface area contributed by atoms with Gasteiger partial charge in [-0.2, -0.15) is 0 Å². The van der Waals surface area contributed by atoms with Gasteiger partial charge in [-0.05, 0) is 35.2 Å². The first kappa shape index (κ1) is 13.0. The molecule has 0 N–H and O–H groups in total. The topological polar surface area (TPSA) is 17.3 Å². The number of nitrogens with zero attached hydrogens (tertiary/aromatic N) is 2. The van der Waals surface area contributed by atoms with Crippen molar-refractivity contribution in [1.82, 2.24) is 9.38 Å². The molecule has 0 saturated heterocycles. The van der Waals surface area contributed by atoms with Crippen LogP contribution in [0.4, 0.5) is 0 Å². The Balaban J connectivity index is 0.00000115. The maximum Gasteiger partial charge on any atom is 0.0788 e. The van der Waals surface area contributed by atoms with E-state index in [4.69, 9.17) is 4.98 Å². The van der Waals surface area contributed by atoms with E-state index in [-0.39, 0.29) is 20.1 Å². The molecule has 2 aromatic carbocycles. The molecule has 0 spiro atoms. The summed E-state index contributed by atoms with van der Waals surface area (Å²) in [4.78, 5) is 4.81. The molecule has 0 atom stereocenters. The van der Waals surface area contributed by atoms with Gasteiger partial charge in [0.2, 0.25) is 0 Å². The Morgan fingerprint density at radius 2 is 2.05 bits per heavy atom. The largest absolute Gasteiger partial charge is 0.340 e. The van der Waals surface area contributed by atoms with Crippen LogP contribution in [0.25, 0.3) is 37.5 Å². The minimum atomic E-state index is 0. The first-order valence-corrected chi connectivity index (χ1v) is 7.36. The Kier molecular flexibility index (Phi) is 2.86. The van der Waals surface area contributed by atoms with Gasteiger partial charge >= 0.3 is 0 Å². The summed E-state index contributed by atoms with van der Waals surface area (Å²) < 4.78 is 3.44. The molecular formula is C17H9IrN2S-. The molecule has 4 heteroatoms. The smallest absolute Gasteiger partial charge is 0.0788 e. The van der Waals surface area contributed by atoms with Gasteiger partial charge in [0, 0.05) is 24.8 Å². The summed E-state index contributed by atoms with van der Waals surface area (Å²) >= 11 is 1.76. The van der Waals surface area contributed by atoms with E-state index in [1.807, 2.05) is 12.1 Å². The van der Waals surface area contributed by atoms with E-state index in [1.54, 1.807) is 11.3 Å². The van der Waals surface area contributed by atoms with Crippen LogP contribution in [0.1, 0.15) is 0 Å². The molecule has 3 heterocycles. The van der Waals surface area contributed by atoms with Crippen LogP contribution in [0, 0.1) is 6.07 Å². The molecule has 0 aliphatic heterocycles. The number of rotatable bonds is 0. The molecule has 0 bridgehead atoms. The Bertz CT molecular complexity index is 1110. The number of fused-ring (bicyclic) bond motifs is 6. The van der Waals surface area contributed by atoms with Gasteiger partial charge in [0.1, 0.15) is 0 Å². The fourth-order valence-corrected chi connectivity index (χ4v) is 3.62. The summed E-state index contributed by atoms with van der Waals surface area (Å²) in [5.41, 5.74) is 3.19. The minimum absolute atomic E-state index is 0. The van der Waals surface area contributed by atoms with Gasteiger partial charge in [0.15, 0.2) is 0 Å². The number of thiophene rings is 1. The van der Waals surface area contributed by atoms with Crippen LogP contribution in [0.3, 0.4) is 0 Å². The summed E-state index contributed by atoms with van der Waals surface area (Å²) in [6.07, 6.45) is 2.10. The zero-order valence-corrected chi connectivity index (χ0v) is 14.0. The van der Waals surface area contributed by atoms with E-state index in [9.17, 15) is 0 Å². The van der Waals surface area contributed by atoms with Crippen LogP contribution in [-0.4, -0.2) is 9.38 Å². The van der Waals surface area contributed by atoms with Crippen molar-refractivity contribution < 1.29 is 20.1 Å². The molecule has 5 rings (SSSR count). The monoisotopic (exact) mass is 466 g/mol. The van der Waals surface area contributed by atoms with Crippen LogP contribution in [0.5, 0.6) is 0 Å². The minimum Gasteiger partial charge on any atom is -0.340 e. The predicted octanol–water partition coefficient (Wildman–Crippen LogP) is 4.65. The fourth-order valence-electron chi connectivity index (χ4n) is 2.82. The molecule has 0 unspecified atom stereocenters. The first-order valence-electron chi connectivity index (χ1n) is 6.49. The van der Waals surface area contributed by atoms with Crippen molar-refractivity contribution in [3.8, 4) is 0 Å². The summed E-state index contributed by atoms with van der Waals surface area (Å²) in [6, 6.07) is 18.0. The van der Waals surface area contributed by atoms with Crippen LogP contribution >= 0.6 is 11.3 Å². The van der Waals surface area contributed by atoms with Gasteiger partial charge in [0.05, 0.1) is 16.7 Å². The van der Waals surface area contributed by atoms with Crippen molar-refractivity contribution in [3.05, 3.63) is 60.1 Å². The zero-order valence-electron chi connectivity index (χ0n) is 10.8. The van der Waals surface area contributed by atoms with Crippen molar-refractivity contribution in [3.63, 3.8) is 0 Å². The molecule has 0 aliphatic rings. The van der Waals surface area contributed by atoms with Crippen molar-refractivity contribution in [2.75, 3.05) is 0 Å². The van der Waals surface area contributed by atoms with Gasteiger partial charge in [0.25, 0.3) is 0 Å². The number of benzene rings is 2. The van der Waals surface area contributed by atoms with E-state index in [0.717, 1.165) is 22.1 Å². The molecule has 5 aromatic rings. The molecule has 103 valence electrons. The molecule has 0 saturated carbocycles. The average molecular weight is 466 g/mol. The molecule has 0 fully saturated rings. The fraction of sp³-hybridized carbons (Fsp3) is 0. The number of hydrogen-bond acceptors (Lipinski definition) is 2. The molecule has 0 aliphatic carbocycles. The summed E-state index contributed by atoms with van der Waals surface area (Å²) in [5.74, 6) is 0. The quantitative estimate of drug-likeness (QED) is 0.304. The van der Waals surface area contributed by atoms with E-state index < -0.39 is 0 Å². The molecule has 0 amide bonds. The second-order valence-electron chi connectivity index (χ2n) is 4.92. The van der Waals surface area contributed by atoms with Crippen molar-refractivity contribution in [2.45, 2.75) is 0 Å². The average Bonchev–Trinajstić information content (AvgIpc) is 3.08. The molecule has 2 nitrogen and oxygen atoms in total. The van der Waals surface area contributed by atoms with Crippen LogP contribution in [0.2, 0.25) is 0 Å². The Morgan fingerprint density at radius 3 is 3.00 bits per heavy atom. The number of pyridine rings is 1. The van der Waals surface area contributed by atoms with Gasteiger partial charge in [-0.15, -0.1) is 46.4 Å². The van der Waals surface area contributed by atoms with E-state index >= 15 is 0 Å². The Labute approximate surface area is 138 Å². The Morgan fingerprint density at radius 1 is 1.10 bits per heavy atom. The number of hydrogen-bond donors (Lipinski definition) is 0. The number of imidazole rings is 1. The van der Waals surface area contributed by atoms with Gasteiger partial charge in [-0.25, -0.2) is 0 Å². The van der Waals surface area contributed by atoms with E-state index in [1.165, 1.54) is 15.5 Å². The van der Waals surface area contributed by atoms with Crippen LogP contribution in [0.15, 0.2) is 54.0 Å². The SMILES string of the molecule is [Ir].[c-]1cccc2ccn3c4cc5ccsc5cc4nc3c12. The van der Waals surface area contributed by atoms with Gasteiger partial charge < -0.3 is 4.40 Å².